The fourth-order valence-corrected chi connectivity index (χ4v) is 3.88. The molecule has 3 rings (SSSR count). The highest BCUT2D eigenvalue weighted by atomic mass is 35.5. The zero-order valence-corrected chi connectivity index (χ0v) is 16.3. The number of β-amino-alcohol motifs (C(OH)–C–C–N with tert-alkyl or cyclic N) is 1. The summed E-state index contributed by atoms with van der Waals surface area (Å²) in [4.78, 5) is 14.8. The summed E-state index contributed by atoms with van der Waals surface area (Å²) in [6.45, 7) is 3.70. The van der Waals surface area contributed by atoms with Crippen LogP contribution in [0.2, 0.25) is 5.02 Å². The lowest BCUT2D eigenvalue weighted by atomic mass is 9.94. The number of rotatable bonds is 7. The molecule has 0 radical (unpaired) electrons. The van der Waals surface area contributed by atoms with Crippen LogP contribution in [0.15, 0.2) is 6.07 Å². The summed E-state index contributed by atoms with van der Waals surface area (Å²) in [5, 5.41) is 10.7. The minimum atomic E-state index is -0.522. The van der Waals surface area contributed by atoms with Gasteiger partial charge in [-0.1, -0.05) is 11.6 Å². The number of nitrogen functional groups attached to an aromatic ring is 1. The maximum absolute atomic E-state index is 12.5. The Morgan fingerprint density at radius 1 is 1.52 bits per heavy atom. The number of fused-ring (bicyclic) bond motifs is 1. The molecule has 1 saturated heterocycles. The quantitative estimate of drug-likeness (QED) is 0.410. The molecular formula is C19H27ClN2O5. The third kappa shape index (κ3) is 4.66. The SMILES string of the molecule is COCCCN1CC[C@@H](COC(=O)c2cc(Cl)c(N)c3c2OCC3)[C@H](O)C1. The number of carbonyl (C=O) groups is 1. The van der Waals surface area contributed by atoms with Crippen molar-refractivity contribution in [1.29, 1.82) is 0 Å². The van der Waals surface area contributed by atoms with Gasteiger partial charge in [0, 0.05) is 44.7 Å². The van der Waals surface area contributed by atoms with Crippen LogP contribution in [0, 0.1) is 5.92 Å². The van der Waals surface area contributed by atoms with Crippen LogP contribution in [0.5, 0.6) is 5.75 Å². The zero-order valence-electron chi connectivity index (χ0n) is 15.6. The van der Waals surface area contributed by atoms with E-state index in [1.165, 1.54) is 6.07 Å². The third-order valence-corrected chi connectivity index (χ3v) is 5.56. The van der Waals surface area contributed by atoms with Gasteiger partial charge >= 0.3 is 5.97 Å². The molecule has 2 aliphatic heterocycles. The number of nitrogens with two attached hydrogens (primary N) is 1. The molecule has 0 spiro atoms. The van der Waals surface area contributed by atoms with Crippen molar-refractivity contribution < 1.29 is 24.1 Å². The Hall–Kier alpha value is -1.54. The second-order valence-corrected chi connectivity index (χ2v) is 7.49. The van der Waals surface area contributed by atoms with Crippen LogP contribution in [0.4, 0.5) is 5.69 Å². The average molecular weight is 399 g/mol. The molecule has 0 aliphatic carbocycles. The average Bonchev–Trinajstić information content (AvgIpc) is 3.14. The van der Waals surface area contributed by atoms with Crippen LogP contribution in [0.1, 0.15) is 28.8 Å². The van der Waals surface area contributed by atoms with Crippen molar-refractivity contribution in [3.63, 3.8) is 0 Å². The molecule has 150 valence electrons. The number of aliphatic hydroxyl groups excluding tert-OH is 1. The lowest BCUT2D eigenvalue weighted by molar-refractivity contribution is -0.0159. The number of likely N-dealkylation sites (tertiary alicyclic amines) is 1. The van der Waals surface area contributed by atoms with E-state index in [0.717, 1.165) is 31.5 Å². The van der Waals surface area contributed by atoms with Gasteiger partial charge in [-0.25, -0.2) is 4.79 Å². The summed E-state index contributed by atoms with van der Waals surface area (Å²) >= 11 is 6.14. The molecule has 2 heterocycles. The number of hydrogen-bond acceptors (Lipinski definition) is 7. The van der Waals surface area contributed by atoms with Gasteiger partial charge in [-0.05, 0) is 25.5 Å². The number of methoxy groups -OCH3 is 1. The molecule has 0 bridgehead atoms. The number of piperidine rings is 1. The summed E-state index contributed by atoms with van der Waals surface area (Å²) in [6, 6.07) is 1.50. The molecule has 7 nitrogen and oxygen atoms in total. The summed E-state index contributed by atoms with van der Waals surface area (Å²) in [6.07, 6.45) is 1.82. The Bertz CT molecular complexity index is 685. The van der Waals surface area contributed by atoms with Crippen molar-refractivity contribution in [3.8, 4) is 5.75 Å². The minimum Gasteiger partial charge on any atom is -0.492 e. The van der Waals surface area contributed by atoms with E-state index in [4.69, 9.17) is 31.5 Å². The Morgan fingerprint density at radius 3 is 3.07 bits per heavy atom. The van der Waals surface area contributed by atoms with Crippen LogP contribution in [0.3, 0.4) is 0 Å². The topological polar surface area (TPSA) is 94.3 Å². The number of aliphatic hydroxyl groups is 1. The van der Waals surface area contributed by atoms with Crippen LogP contribution in [-0.4, -0.2) is 68.6 Å². The van der Waals surface area contributed by atoms with E-state index >= 15 is 0 Å². The molecule has 1 aromatic rings. The first-order valence-corrected chi connectivity index (χ1v) is 9.69. The highest BCUT2D eigenvalue weighted by Crippen LogP contribution is 2.39. The van der Waals surface area contributed by atoms with Crippen LogP contribution >= 0.6 is 11.6 Å². The molecule has 8 heteroatoms. The van der Waals surface area contributed by atoms with Gasteiger partial charge in [-0.15, -0.1) is 0 Å². The normalized spacial score (nSPS) is 22.3. The Morgan fingerprint density at radius 2 is 2.33 bits per heavy atom. The fourth-order valence-electron chi connectivity index (χ4n) is 3.66. The molecule has 2 atom stereocenters. The maximum Gasteiger partial charge on any atom is 0.341 e. The summed E-state index contributed by atoms with van der Waals surface area (Å²) in [5.41, 5.74) is 7.48. The number of esters is 1. The molecule has 0 saturated carbocycles. The number of anilines is 1. The van der Waals surface area contributed by atoms with E-state index < -0.39 is 12.1 Å². The van der Waals surface area contributed by atoms with Crippen LogP contribution in [0.25, 0.3) is 0 Å². The second kappa shape index (κ2) is 9.10. The van der Waals surface area contributed by atoms with E-state index in [1.807, 2.05) is 0 Å². The lowest BCUT2D eigenvalue weighted by Crippen LogP contribution is -2.45. The van der Waals surface area contributed by atoms with Gasteiger partial charge in [0.05, 0.1) is 30.0 Å². The number of benzene rings is 1. The van der Waals surface area contributed by atoms with E-state index in [0.29, 0.717) is 48.2 Å². The largest absolute Gasteiger partial charge is 0.492 e. The Balaban J connectivity index is 1.55. The van der Waals surface area contributed by atoms with Crippen molar-refractivity contribution in [1.82, 2.24) is 4.90 Å². The Kier molecular flexibility index (Phi) is 6.81. The zero-order chi connectivity index (χ0) is 19.4. The number of halogens is 1. The van der Waals surface area contributed by atoms with Crippen molar-refractivity contribution >= 4 is 23.3 Å². The fraction of sp³-hybridized carbons (Fsp3) is 0.632. The summed E-state index contributed by atoms with van der Waals surface area (Å²) in [7, 11) is 1.68. The van der Waals surface area contributed by atoms with Gasteiger partial charge in [-0.3, -0.25) is 0 Å². The summed E-state index contributed by atoms with van der Waals surface area (Å²) < 4.78 is 16.1. The van der Waals surface area contributed by atoms with Crippen molar-refractivity contribution in [2.24, 2.45) is 5.92 Å². The highest BCUT2D eigenvalue weighted by Gasteiger charge is 2.30. The number of ether oxygens (including phenoxy) is 3. The van der Waals surface area contributed by atoms with E-state index in [2.05, 4.69) is 4.90 Å². The van der Waals surface area contributed by atoms with E-state index in [1.54, 1.807) is 7.11 Å². The monoisotopic (exact) mass is 398 g/mol. The second-order valence-electron chi connectivity index (χ2n) is 7.09. The van der Waals surface area contributed by atoms with E-state index in [-0.39, 0.29) is 12.5 Å². The van der Waals surface area contributed by atoms with Crippen molar-refractivity contribution in [2.45, 2.75) is 25.4 Å². The first-order chi connectivity index (χ1) is 13.0. The molecule has 1 aromatic carbocycles. The van der Waals surface area contributed by atoms with Gasteiger partial charge in [0.2, 0.25) is 0 Å². The first kappa shape index (κ1) is 20.2. The van der Waals surface area contributed by atoms with Gasteiger partial charge in [0.1, 0.15) is 11.3 Å². The smallest absolute Gasteiger partial charge is 0.341 e. The summed E-state index contributed by atoms with van der Waals surface area (Å²) in [5.74, 6) is -0.106. The molecule has 27 heavy (non-hydrogen) atoms. The third-order valence-electron chi connectivity index (χ3n) is 5.25. The van der Waals surface area contributed by atoms with Crippen molar-refractivity contribution in [2.75, 3.05) is 52.3 Å². The first-order valence-electron chi connectivity index (χ1n) is 9.31. The molecule has 0 unspecified atom stereocenters. The van der Waals surface area contributed by atoms with Gasteiger partial charge in [-0.2, -0.15) is 0 Å². The standard InChI is InChI=1S/C19H27ClN2O5/c1-25-7-2-5-22-6-3-12(16(23)10-22)11-27-19(24)14-9-15(20)17(21)13-4-8-26-18(13)14/h9,12,16,23H,2-8,10-11,21H2,1H3/t12-,16+/m0/s1. The lowest BCUT2D eigenvalue weighted by Gasteiger charge is -2.35. The minimum absolute atomic E-state index is 0.0779. The number of nitrogens with zero attached hydrogens (tertiary/aromatic N) is 1. The maximum atomic E-state index is 12.5. The molecule has 1 fully saturated rings. The molecule has 0 amide bonds. The number of hydrogen-bond donors (Lipinski definition) is 2. The van der Waals surface area contributed by atoms with Crippen LogP contribution < -0.4 is 10.5 Å². The van der Waals surface area contributed by atoms with Gasteiger partial charge < -0.3 is 30.0 Å². The number of carbonyl (C=O) groups excluding carboxylic acids is 1. The van der Waals surface area contributed by atoms with E-state index in [9.17, 15) is 9.90 Å². The Labute approximate surface area is 164 Å². The molecular weight excluding hydrogens is 372 g/mol. The highest BCUT2D eigenvalue weighted by molar-refractivity contribution is 6.33. The molecule has 2 aliphatic rings. The predicted molar refractivity (Wildman–Crippen MR) is 102 cm³/mol. The van der Waals surface area contributed by atoms with Gasteiger partial charge in [0.15, 0.2) is 0 Å². The van der Waals surface area contributed by atoms with Crippen LogP contribution in [-0.2, 0) is 15.9 Å². The van der Waals surface area contributed by atoms with Crippen molar-refractivity contribution in [3.05, 3.63) is 22.2 Å². The molecule has 0 aromatic heterocycles. The van der Waals surface area contributed by atoms with Gasteiger partial charge in [0.25, 0.3) is 0 Å². The predicted octanol–water partition coefficient (Wildman–Crippen LogP) is 1.73. The molecule has 3 N–H and O–H groups in total.